The first kappa shape index (κ1) is 12.6. The smallest absolute Gasteiger partial charge is 0.182 e. The molecule has 0 saturated heterocycles. The number of hydrogen-bond acceptors (Lipinski definition) is 6. The van der Waals surface area contributed by atoms with Crippen LogP contribution in [0.5, 0.6) is 5.75 Å². The van der Waals surface area contributed by atoms with E-state index in [4.69, 9.17) is 10.00 Å². The number of benzene rings is 1. The second-order valence-electron chi connectivity index (χ2n) is 3.58. The van der Waals surface area contributed by atoms with E-state index < -0.39 is 0 Å². The van der Waals surface area contributed by atoms with Gasteiger partial charge in [0.2, 0.25) is 0 Å². The van der Waals surface area contributed by atoms with Gasteiger partial charge in [0.1, 0.15) is 23.7 Å². The highest BCUT2D eigenvalue weighted by Gasteiger charge is 2.04. The number of anilines is 3. The fourth-order valence-corrected chi connectivity index (χ4v) is 1.54. The molecule has 2 aromatic rings. The van der Waals surface area contributed by atoms with E-state index in [1.807, 2.05) is 37.4 Å². The fraction of sp³-hybridized carbons (Fsp3) is 0.154. The van der Waals surface area contributed by atoms with Crippen molar-refractivity contribution in [3.05, 3.63) is 36.7 Å². The summed E-state index contributed by atoms with van der Waals surface area (Å²) in [7, 11) is 0. The van der Waals surface area contributed by atoms with Crippen molar-refractivity contribution in [3.8, 4) is 11.9 Å². The zero-order valence-corrected chi connectivity index (χ0v) is 10.4. The highest BCUT2D eigenvalue weighted by atomic mass is 16.5. The predicted molar refractivity (Wildman–Crippen MR) is 72.2 cm³/mol. The van der Waals surface area contributed by atoms with Gasteiger partial charge in [0.15, 0.2) is 6.19 Å². The van der Waals surface area contributed by atoms with Crippen LogP contribution < -0.4 is 15.4 Å². The van der Waals surface area contributed by atoms with Crippen LogP contribution in [0.1, 0.15) is 6.92 Å². The number of nitrogens with zero attached hydrogens (tertiary/aromatic N) is 3. The number of para-hydroxylation sites is 2. The molecule has 1 heterocycles. The minimum Gasteiger partial charge on any atom is -0.492 e. The summed E-state index contributed by atoms with van der Waals surface area (Å²) in [5.41, 5.74) is 0.811. The van der Waals surface area contributed by atoms with Gasteiger partial charge in [-0.05, 0) is 19.1 Å². The molecule has 0 atom stereocenters. The van der Waals surface area contributed by atoms with E-state index >= 15 is 0 Å². The molecule has 1 aromatic carbocycles. The maximum absolute atomic E-state index is 8.55. The van der Waals surface area contributed by atoms with E-state index in [1.54, 1.807) is 6.07 Å². The van der Waals surface area contributed by atoms with Gasteiger partial charge < -0.3 is 10.1 Å². The van der Waals surface area contributed by atoms with E-state index in [1.165, 1.54) is 6.33 Å². The molecule has 0 aliphatic heterocycles. The maximum Gasteiger partial charge on any atom is 0.182 e. The van der Waals surface area contributed by atoms with Gasteiger partial charge in [0.25, 0.3) is 0 Å². The van der Waals surface area contributed by atoms with Crippen LogP contribution in [-0.2, 0) is 0 Å². The molecule has 6 nitrogen and oxygen atoms in total. The van der Waals surface area contributed by atoms with Gasteiger partial charge in [-0.3, -0.25) is 5.32 Å². The zero-order chi connectivity index (χ0) is 13.5. The Morgan fingerprint density at radius 2 is 2.05 bits per heavy atom. The first-order chi connectivity index (χ1) is 9.33. The van der Waals surface area contributed by atoms with E-state index in [0.717, 1.165) is 11.4 Å². The van der Waals surface area contributed by atoms with Gasteiger partial charge >= 0.3 is 0 Å². The van der Waals surface area contributed by atoms with Crippen LogP contribution in [0.25, 0.3) is 0 Å². The Balaban J connectivity index is 2.21. The molecular formula is C13H13N5O. The summed E-state index contributed by atoms with van der Waals surface area (Å²) in [4.78, 5) is 8.00. The summed E-state index contributed by atoms with van der Waals surface area (Å²) in [6, 6.07) is 9.22. The summed E-state index contributed by atoms with van der Waals surface area (Å²) in [5.74, 6) is 1.77. The third kappa shape index (κ3) is 3.33. The van der Waals surface area contributed by atoms with Crippen molar-refractivity contribution < 1.29 is 4.74 Å². The van der Waals surface area contributed by atoms with Crippen molar-refractivity contribution in [1.29, 1.82) is 5.26 Å². The van der Waals surface area contributed by atoms with Crippen molar-refractivity contribution >= 4 is 17.3 Å². The molecule has 0 saturated carbocycles. The van der Waals surface area contributed by atoms with Crippen molar-refractivity contribution in [1.82, 2.24) is 9.97 Å². The SMILES string of the molecule is CCOc1ccccc1Nc1cc(NC#N)ncn1. The third-order valence-electron chi connectivity index (χ3n) is 2.30. The first-order valence-corrected chi connectivity index (χ1v) is 5.79. The van der Waals surface area contributed by atoms with Gasteiger partial charge in [-0.15, -0.1) is 0 Å². The topological polar surface area (TPSA) is 82.9 Å². The van der Waals surface area contributed by atoms with Gasteiger partial charge in [-0.25, -0.2) is 9.97 Å². The molecule has 0 spiro atoms. The lowest BCUT2D eigenvalue weighted by atomic mass is 10.3. The Morgan fingerprint density at radius 1 is 1.26 bits per heavy atom. The number of ether oxygens (including phenoxy) is 1. The molecule has 0 aliphatic carbocycles. The molecule has 0 amide bonds. The van der Waals surface area contributed by atoms with E-state index in [9.17, 15) is 0 Å². The van der Waals surface area contributed by atoms with Crippen molar-refractivity contribution in [2.75, 3.05) is 17.2 Å². The standard InChI is InChI=1S/C13H13N5O/c1-2-19-11-6-4-3-5-10(11)18-13-7-12(15-8-14)16-9-17-13/h3-7,9H,2H2,1H3,(H2,15,16,17,18). The van der Waals surface area contributed by atoms with Crippen LogP contribution in [0.2, 0.25) is 0 Å². The Bertz CT molecular complexity index is 594. The molecule has 6 heteroatoms. The average Bonchev–Trinajstić information content (AvgIpc) is 2.42. The van der Waals surface area contributed by atoms with Crippen molar-refractivity contribution in [3.63, 3.8) is 0 Å². The Hall–Kier alpha value is -2.81. The first-order valence-electron chi connectivity index (χ1n) is 5.79. The lowest BCUT2D eigenvalue weighted by molar-refractivity contribution is 0.342. The molecule has 0 radical (unpaired) electrons. The minimum absolute atomic E-state index is 0.439. The fourth-order valence-electron chi connectivity index (χ4n) is 1.54. The van der Waals surface area contributed by atoms with Crippen LogP contribution in [0.4, 0.5) is 17.3 Å². The maximum atomic E-state index is 8.55. The van der Waals surface area contributed by atoms with Gasteiger partial charge in [0.05, 0.1) is 12.3 Å². The molecule has 2 N–H and O–H groups in total. The Kier molecular flexibility index (Phi) is 4.13. The van der Waals surface area contributed by atoms with Crippen LogP contribution in [0, 0.1) is 11.5 Å². The largest absolute Gasteiger partial charge is 0.492 e. The molecule has 0 unspecified atom stereocenters. The quantitative estimate of drug-likeness (QED) is 0.631. The second kappa shape index (κ2) is 6.21. The lowest BCUT2D eigenvalue weighted by Crippen LogP contribution is -2.00. The second-order valence-corrected chi connectivity index (χ2v) is 3.58. The molecular weight excluding hydrogens is 242 g/mol. The Labute approximate surface area is 111 Å². The highest BCUT2D eigenvalue weighted by Crippen LogP contribution is 2.26. The molecule has 0 fully saturated rings. The van der Waals surface area contributed by atoms with Crippen molar-refractivity contribution in [2.24, 2.45) is 0 Å². The summed E-state index contributed by atoms with van der Waals surface area (Å²) in [5, 5.41) is 14.1. The van der Waals surface area contributed by atoms with Crippen molar-refractivity contribution in [2.45, 2.75) is 6.92 Å². The molecule has 96 valence electrons. The summed E-state index contributed by atoms with van der Waals surface area (Å²) in [6.07, 6.45) is 3.19. The van der Waals surface area contributed by atoms with E-state index in [2.05, 4.69) is 20.6 Å². The van der Waals surface area contributed by atoms with Crippen LogP contribution >= 0.6 is 0 Å². The average molecular weight is 255 g/mol. The van der Waals surface area contributed by atoms with Gasteiger partial charge in [-0.1, -0.05) is 12.1 Å². The summed E-state index contributed by atoms with van der Waals surface area (Å²) < 4.78 is 5.51. The van der Waals surface area contributed by atoms with Crippen LogP contribution in [-0.4, -0.2) is 16.6 Å². The molecule has 19 heavy (non-hydrogen) atoms. The minimum atomic E-state index is 0.439. The van der Waals surface area contributed by atoms with Crippen LogP contribution in [0.3, 0.4) is 0 Å². The van der Waals surface area contributed by atoms with Gasteiger partial charge in [0, 0.05) is 6.07 Å². The molecule has 2 rings (SSSR count). The van der Waals surface area contributed by atoms with E-state index in [-0.39, 0.29) is 0 Å². The number of nitriles is 1. The monoisotopic (exact) mass is 255 g/mol. The lowest BCUT2D eigenvalue weighted by Gasteiger charge is -2.11. The predicted octanol–water partition coefficient (Wildman–Crippen LogP) is 2.51. The highest BCUT2D eigenvalue weighted by molar-refractivity contribution is 5.65. The van der Waals surface area contributed by atoms with E-state index in [0.29, 0.717) is 18.2 Å². The Morgan fingerprint density at radius 3 is 2.84 bits per heavy atom. The zero-order valence-electron chi connectivity index (χ0n) is 10.4. The third-order valence-corrected chi connectivity index (χ3v) is 2.30. The number of rotatable bonds is 5. The normalized spacial score (nSPS) is 9.47. The molecule has 0 aliphatic rings. The van der Waals surface area contributed by atoms with Crippen LogP contribution in [0.15, 0.2) is 36.7 Å². The number of nitrogens with one attached hydrogen (secondary N) is 2. The summed E-state index contributed by atoms with van der Waals surface area (Å²) >= 11 is 0. The number of hydrogen-bond donors (Lipinski definition) is 2. The molecule has 1 aromatic heterocycles. The van der Waals surface area contributed by atoms with Gasteiger partial charge in [-0.2, -0.15) is 5.26 Å². The summed E-state index contributed by atoms with van der Waals surface area (Å²) in [6.45, 7) is 2.51. The number of aromatic nitrogens is 2. The molecule has 0 bridgehead atoms.